The van der Waals surface area contributed by atoms with Gasteiger partial charge >= 0.3 is 0 Å². The second kappa shape index (κ2) is 2.98. The van der Waals surface area contributed by atoms with Crippen LogP contribution in [0.25, 0.3) is 0 Å². The third kappa shape index (κ3) is 2.25. The first-order valence-electron chi connectivity index (χ1n) is 5.37. The Hall–Kier alpha value is -0.0400. The van der Waals surface area contributed by atoms with Crippen LogP contribution >= 0.6 is 0 Å². The minimum atomic E-state index is 0.0503. The highest BCUT2D eigenvalue weighted by Crippen LogP contribution is 2.45. The number of rotatable bonds is 0. The van der Waals surface area contributed by atoms with Crippen LogP contribution in [0.3, 0.4) is 0 Å². The van der Waals surface area contributed by atoms with Gasteiger partial charge in [-0.3, -0.25) is 0 Å². The van der Waals surface area contributed by atoms with Crippen LogP contribution in [0.15, 0.2) is 0 Å². The maximum absolute atomic E-state index is 6.23. The first kappa shape index (κ1) is 11.0. The predicted octanol–water partition coefficient (Wildman–Crippen LogP) is 3.77. The Balaban J connectivity index is 2.81. The number of ether oxygens (including phenoxy) is 1. The van der Waals surface area contributed by atoms with Crippen LogP contribution < -0.4 is 0 Å². The van der Waals surface area contributed by atoms with Crippen molar-refractivity contribution in [2.75, 3.05) is 0 Å². The molecule has 78 valence electrons. The Morgan fingerprint density at radius 3 is 1.85 bits per heavy atom. The molecule has 1 heterocycles. The van der Waals surface area contributed by atoms with Crippen LogP contribution in [0.5, 0.6) is 0 Å². The van der Waals surface area contributed by atoms with Gasteiger partial charge in [-0.25, -0.2) is 0 Å². The van der Waals surface area contributed by atoms with Crippen LogP contribution in [0.4, 0.5) is 0 Å². The summed E-state index contributed by atoms with van der Waals surface area (Å²) in [7, 11) is 0. The van der Waals surface area contributed by atoms with Crippen molar-refractivity contribution < 1.29 is 4.74 Å². The van der Waals surface area contributed by atoms with Crippen LogP contribution in [0.2, 0.25) is 0 Å². The van der Waals surface area contributed by atoms with Gasteiger partial charge in [0, 0.05) is 0 Å². The third-order valence-corrected chi connectivity index (χ3v) is 3.52. The monoisotopic (exact) mass is 184 g/mol. The van der Waals surface area contributed by atoms with Gasteiger partial charge in [0.25, 0.3) is 0 Å². The Bertz CT molecular complexity index is 188. The molecule has 1 fully saturated rings. The maximum Gasteiger partial charge on any atom is 0.0709 e. The molecule has 1 aliphatic heterocycles. The highest BCUT2D eigenvalue weighted by molar-refractivity contribution is 4.94. The van der Waals surface area contributed by atoms with E-state index in [4.69, 9.17) is 4.74 Å². The topological polar surface area (TPSA) is 9.23 Å². The summed E-state index contributed by atoms with van der Waals surface area (Å²) in [6, 6.07) is 0. The van der Waals surface area contributed by atoms with Crippen LogP contribution in [-0.4, -0.2) is 11.2 Å². The largest absolute Gasteiger partial charge is 0.369 e. The summed E-state index contributed by atoms with van der Waals surface area (Å²) in [4.78, 5) is 0. The van der Waals surface area contributed by atoms with E-state index in [2.05, 4.69) is 41.5 Å². The lowest BCUT2D eigenvalue weighted by Crippen LogP contribution is -2.51. The standard InChI is InChI=1S/C12H24O/c1-10(2,3)12(6)9-7-8-11(4,5)13-12/h7-9H2,1-6H3. The zero-order valence-electron chi connectivity index (χ0n) is 10.0. The Morgan fingerprint density at radius 1 is 1.00 bits per heavy atom. The quantitative estimate of drug-likeness (QED) is 0.557. The number of hydrogen-bond donors (Lipinski definition) is 0. The van der Waals surface area contributed by atoms with E-state index in [-0.39, 0.29) is 16.6 Å². The van der Waals surface area contributed by atoms with Gasteiger partial charge in [0.15, 0.2) is 0 Å². The highest BCUT2D eigenvalue weighted by atomic mass is 16.5. The highest BCUT2D eigenvalue weighted by Gasteiger charge is 2.44. The molecule has 0 amide bonds. The fourth-order valence-electron chi connectivity index (χ4n) is 2.09. The lowest BCUT2D eigenvalue weighted by molar-refractivity contribution is -0.208. The average molecular weight is 184 g/mol. The molecule has 0 bridgehead atoms. The molecule has 0 aliphatic carbocycles. The summed E-state index contributed by atoms with van der Waals surface area (Å²) in [5.41, 5.74) is 0.361. The summed E-state index contributed by atoms with van der Waals surface area (Å²) in [6.07, 6.45) is 3.68. The Kier molecular flexibility index (Phi) is 2.53. The van der Waals surface area contributed by atoms with E-state index in [1.807, 2.05) is 0 Å². The summed E-state index contributed by atoms with van der Waals surface area (Å²) in [5, 5.41) is 0. The van der Waals surface area contributed by atoms with Gasteiger partial charge in [-0.2, -0.15) is 0 Å². The average Bonchev–Trinajstić information content (AvgIpc) is 1.80. The molecule has 1 aliphatic rings. The van der Waals surface area contributed by atoms with E-state index in [0.29, 0.717) is 0 Å². The minimum Gasteiger partial charge on any atom is -0.369 e. The predicted molar refractivity (Wildman–Crippen MR) is 56.9 cm³/mol. The smallest absolute Gasteiger partial charge is 0.0709 e. The van der Waals surface area contributed by atoms with Crippen molar-refractivity contribution in [2.24, 2.45) is 5.41 Å². The zero-order chi connectivity index (χ0) is 10.3. The molecule has 1 unspecified atom stereocenters. The Morgan fingerprint density at radius 2 is 1.54 bits per heavy atom. The summed E-state index contributed by atoms with van der Waals surface area (Å²) >= 11 is 0. The van der Waals surface area contributed by atoms with Gasteiger partial charge in [-0.15, -0.1) is 0 Å². The molecule has 1 rings (SSSR count). The van der Waals surface area contributed by atoms with Gasteiger partial charge in [-0.1, -0.05) is 20.8 Å². The van der Waals surface area contributed by atoms with Gasteiger partial charge in [0.05, 0.1) is 11.2 Å². The molecule has 0 N–H and O–H groups in total. The molecular weight excluding hydrogens is 160 g/mol. The molecule has 1 nitrogen and oxygen atoms in total. The van der Waals surface area contributed by atoms with E-state index in [0.717, 1.165) is 0 Å². The molecule has 0 aromatic heterocycles. The van der Waals surface area contributed by atoms with Crippen LogP contribution in [0, 0.1) is 5.41 Å². The normalized spacial score (nSPS) is 34.6. The molecule has 0 aromatic carbocycles. The van der Waals surface area contributed by atoms with E-state index in [9.17, 15) is 0 Å². The van der Waals surface area contributed by atoms with Gasteiger partial charge < -0.3 is 4.74 Å². The fraction of sp³-hybridized carbons (Fsp3) is 1.00. The fourth-order valence-corrected chi connectivity index (χ4v) is 2.09. The van der Waals surface area contributed by atoms with Crippen LogP contribution in [-0.2, 0) is 4.74 Å². The van der Waals surface area contributed by atoms with Gasteiger partial charge in [0.2, 0.25) is 0 Å². The third-order valence-electron chi connectivity index (χ3n) is 3.52. The molecule has 1 atom stereocenters. The SMILES string of the molecule is CC1(C)CCCC(C)(C(C)(C)C)O1. The van der Waals surface area contributed by atoms with Gasteiger partial charge in [0.1, 0.15) is 0 Å². The molecular formula is C12H24O. The summed E-state index contributed by atoms with van der Waals surface area (Å²) < 4.78 is 6.23. The molecule has 0 saturated carbocycles. The first-order valence-corrected chi connectivity index (χ1v) is 5.37. The molecule has 1 saturated heterocycles. The summed E-state index contributed by atoms with van der Waals surface area (Å²) in [6.45, 7) is 13.5. The molecule has 13 heavy (non-hydrogen) atoms. The van der Waals surface area contributed by atoms with Crippen molar-refractivity contribution in [2.45, 2.75) is 72.0 Å². The lowest BCUT2D eigenvalue weighted by atomic mass is 9.72. The van der Waals surface area contributed by atoms with E-state index in [1.54, 1.807) is 0 Å². The second-order valence-electron chi connectivity index (χ2n) is 6.20. The van der Waals surface area contributed by atoms with Crippen molar-refractivity contribution in [1.29, 1.82) is 0 Å². The van der Waals surface area contributed by atoms with Gasteiger partial charge in [-0.05, 0) is 45.4 Å². The minimum absolute atomic E-state index is 0.0503. The molecule has 1 heteroatoms. The summed E-state index contributed by atoms with van der Waals surface area (Å²) in [5.74, 6) is 0. The van der Waals surface area contributed by atoms with Crippen LogP contribution in [0.1, 0.15) is 60.8 Å². The Labute approximate surface area is 82.9 Å². The lowest BCUT2D eigenvalue weighted by Gasteiger charge is -2.50. The maximum atomic E-state index is 6.23. The van der Waals surface area contributed by atoms with Crippen molar-refractivity contribution in [1.82, 2.24) is 0 Å². The van der Waals surface area contributed by atoms with Crippen molar-refractivity contribution in [3.63, 3.8) is 0 Å². The van der Waals surface area contributed by atoms with Crippen molar-refractivity contribution >= 4 is 0 Å². The molecule has 0 radical (unpaired) electrons. The molecule has 0 spiro atoms. The number of hydrogen-bond acceptors (Lipinski definition) is 1. The van der Waals surface area contributed by atoms with E-state index in [1.165, 1.54) is 19.3 Å². The second-order valence-corrected chi connectivity index (χ2v) is 6.20. The molecule has 0 aromatic rings. The zero-order valence-corrected chi connectivity index (χ0v) is 10.0. The van der Waals surface area contributed by atoms with E-state index < -0.39 is 0 Å². The van der Waals surface area contributed by atoms with E-state index >= 15 is 0 Å². The first-order chi connectivity index (χ1) is 5.66. The van der Waals surface area contributed by atoms with Crippen molar-refractivity contribution in [3.8, 4) is 0 Å². The van der Waals surface area contributed by atoms with Crippen molar-refractivity contribution in [3.05, 3.63) is 0 Å².